The average molecular weight is 610 g/mol. The molecule has 47 heavy (non-hydrogen) atoms. The first-order chi connectivity index (χ1) is 22.5. The second-order valence-electron chi connectivity index (χ2n) is 15.6. The van der Waals surface area contributed by atoms with E-state index >= 15 is 0 Å². The second-order valence-corrected chi connectivity index (χ2v) is 15.6. The van der Waals surface area contributed by atoms with Crippen LogP contribution in [0.4, 0.5) is 5.69 Å². The van der Waals surface area contributed by atoms with Crippen molar-refractivity contribution in [2.75, 3.05) is 5.73 Å². The standard InChI is InChI=1S/C46H43N/c1-44(2,3)33-25-32(26-34(28-33)45(4,5)6)36-18-13-17-35(43(36)47)29-22-23-42-38(27-29)37-16-9-12-21-41(37)46(42)39-19-10-7-14-30(39)24-31-15-8-11-20-40(31)46/h7-23,25-28H,24,47H2,1-6H3. The summed E-state index contributed by atoms with van der Waals surface area (Å²) in [7, 11) is 0. The molecule has 0 aliphatic heterocycles. The molecule has 0 heterocycles. The molecular formula is C46H43N. The highest BCUT2D eigenvalue weighted by molar-refractivity contribution is 5.94. The number of anilines is 1. The minimum absolute atomic E-state index is 0.0298. The number of para-hydroxylation sites is 1. The van der Waals surface area contributed by atoms with Crippen LogP contribution in [0.2, 0.25) is 0 Å². The van der Waals surface area contributed by atoms with Crippen molar-refractivity contribution in [1.29, 1.82) is 0 Å². The summed E-state index contributed by atoms with van der Waals surface area (Å²) in [5.41, 5.74) is 25.8. The van der Waals surface area contributed by atoms with Crippen molar-refractivity contribution >= 4 is 5.69 Å². The van der Waals surface area contributed by atoms with Crippen LogP contribution in [-0.4, -0.2) is 0 Å². The number of benzene rings is 6. The van der Waals surface area contributed by atoms with Gasteiger partial charge in [0.05, 0.1) is 5.41 Å². The lowest BCUT2D eigenvalue weighted by molar-refractivity contribution is 0.569. The Morgan fingerprint density at radius 2 is 0.936 bits per heavy atom. The molecule has 1 spiro atoms. The molecule has 0 radical (unpaired) electrons. The molecule has 0 unspecified atom stereocenters. The summed E-state index contributed by atoms with van der Waals surface area (Å²) in [5, 5.41) is 0. The first kappa shape index (κ1) is 29.5. The van der Waals surface area contributed by atoms with Gasteiger partial charge in [0, 0.05) is 16.8 Å². The fourth-order valence-corrected chi connectivity index (χ4v) is 8.18. The number of hydrogen-bond donors (Lipinski definition) is 1. The smallest absolute Gasteiger partial charge is 0.0719 e. The van der Waals surface area contributed by atoms with Crippen LogP contribution in [0.5, 0.6) is 0 Å². The maximum atomic E-state index is 7.17. The SMILES string of the molecule is CC(C)(C)c1cc(-c2cccc(-c3ccc4c(c3)-c3ccccc3C43c4ccccc4Cc4ccccc43)c2N)cc(C(C)(C)C)c1. The van der Waals surface area contributed by atoms with E-state index in [9.17, 15) is 0 Å². The van der Waals surface area contributed by atoms with Crippen LogP contribution < -0.4 is 5.73 Å². The largest absolute Gasteiger partial charge is 0.398 e. The zero-order valence-electron chi connectivity index (χ0n) is 28.4. The molecule has 8 rings (SSSR count). The second kappa shape index (κ2) is 10.3. The molecule has 232 valence electrons. The fourth-order valence-electron chi connectivity index (χ4n) is 8.18. The third kappa shape index (κ3) is 4.43. The van der Waals surface area contributed by atoms with Crippen LogP contribution in [-0.2, 0) is 22.7 Å². The predicted molar refractivity (Wildman–Crippen MR) is 199 cm³/mol. The van der Waals surface area contributed by atoms with Gasteiger partial charge in [-0.25, -0.2) is 0 Å². The molecule has 1 heteroatoms. The molecule has 0 atom stereocenters. The molecule has 0 amide bonds. The van der Waals surface area contributed by atoms with Gasteiger partial charge in [-0.2, -0.15) is 0 Å². The Labute approximate surface area is 280 Å². The summed E-state index contributed by atoms with van der Waals surface area (Å²) in [6.45, 7) is 13.7. The summed E-state index contributed by atoms with van der Waals surface area (Å²) in [4.78, 5) is 0. The van der Waals surface area contributed by atoms with Gasteiger partial charge in [0.15, 0.2) is 0 Å². The lowest BCUT2D eigenvalue weighted by Gasteiger charge is -2.40. The highest BCUT2D eigenvalue weighted by Crippen LogP contribution is 2.59. The van der Waals surface area contributed by atoms with Crippen molar-refractivity contribution in [2.24, 2.45) is 0 Å². The summed E-state index contributed by atoms with van der Waals surface area (Å²) < 4.78 is 0. The Morgan fingerprint density at radius 1 is 0.447 bits per heavy atom. The van der Waals surface area contributed by atoms with E-state index in [2.05, 4.69) is 169 Å². The van der Waals surface area contributed by atoms with Crippen molar-refractivity contribution < 1.29 is 0 Å². The van der Waals surface area contributed by atoms with Gasteiger partial charge in [-0.1, -0.05) is 163 Å². The van der Waals surface area contributed by atoms with E-state index in [-0.39, 0.29) is 16.2 Å². The Bertz CT molecular complexity index is 2120. The van der Waals surface area contributed by atoms with Crippen LogP contribution in [0.1, 0.15) is 86.1 Å². The quantitative estimate of drug-likeness (QED) is 0.194. The van der Waals surface area contributed by atoms with Crippen molar-refractivity contribution in [3.05, 3.63) is 172 Å². The van der Waals surface area contributed by atoms with Gasteiger partial charge in [0.25, 0.3) is 0 Å². The highest BCUT2D eigenvalue weighted by atomic mass is 14.6. The number of hydrogen-bond acceptors (Lipinski definition) is 1. The summed E-state index contributed by atoms with van der Waals surface area (Å²) in [6, 6.07) is 47.8. The fraction of sp³-hybridized carbons (Fsp3) is 0.217. The van der Waals surface area contributed by atoms with Crippen molar-refractivity contribution in [2.45, 2.75) is 64.2 Å². The van der Waals surface area contributed by atoms with E-state index in [0.29, 0.717) is 0 Å². The molecule has 2 N–H and O–H groups in total. The third-order valence-corrected chi connectivity index (χ3v) is 10.7. The molecule has 6 aromatic carbocycles. The zero-order valence-corrected chi connectivity index (χ0v) is 28.4. The number of rotatable bonds is 2. The van der Waals surface area contributed by atoms with E-state index < -0.39 is 0 Å². The zero-order chi connectivity index (χ0) is 32.7. The molecular weight excluding hydrogens is 567 g/mol. The van der Waals surface area contributed by atoms with Crippen LogP contribution in [0.3, 0.4) is 0 Å². The van der Waals surface area contributed by atoms with E-state index in [1.165, 1.54) is 61.2 Å². The monoisotopic (exact) mass is 609 g/mol. The van der Waals surface area contributed by atoms with E-state index in [1.807, 2.05) is 0 Å². The van der Waals surface area contributed by atoms with Crippen LogP contribution >= 0.6 is 0 Å². The van der Waals surface area contributed by atoms with Gasteiger partial charge in [-0.15, -0.1) is 0 Å². The molecule has 1 nitrogen and oxygen atoms in total. The van der Waals surface area contributed by atoms with Gasteiger partial charge in [-0.05, 0) is 90.1 Å². The van der Waals surface area contributed by atoms with Crippen LogP contribution in [0.15, 0.2) is 127 Å². The minimum Gasteiger partial charge on any atom is -0.398 e. The Morgan fingerprint density at radius 3 is 1.53 bits per heavy atom. The maximum absolute atomic E-state index is 7.17. The lowest BCUT2D eigenvalue weighted by Crippen LogP contribution is -2.34. The molecule has 0 bridgehead atoms. The Kier molecular flexibility index (Phi) is 6.48. The Hall–Kier alpha value is -4.88. The van der Waals surface area contributed by atoms with E-state index in [4.69, 9.17) is 5.73 Å². The van der Waals surface area contributed by atoms with Crippen LogP contribution in [0.25, 0.3) is 33.4 Å². The van der Waals surface area contributed by atoms with Crippen molar-refractivity contribution in [3.63, 3.8) is 0 Å². The topological polar surface area (TPSA) is 26.0 Å². The third-order valence-electron chi connectivity index (χ3n) is 10.7. The highest BCUT2D eigenvalue weighted by Gasteiger charge is 2.49. The van der Waals surface area contributed by atoms with Gasteiger partial charge >= 0.3 is 0 Å². The number of fused-ring (bicyclic) bond motifs is 9. The number of nitrogen functional groups attached to an aromatic ring is 1. The minimum atomic E-state index is -0.347. The summed E-state index contributed by atoms with van der Waals surface area (Å²) in [6.07, 6.45) is 0.959. The molecule has 2 aliphatic carbocycles. The molecule has 0 fully saturated rings. The van der Waals surface area contributed by atoms with E-state index in [1.54, 1.807) is 0 Å². The van der Waals surface area contributed by atoms with Gasteiger partial charge in [-0.3, -0.25) is 0 Å². The molecule has 0 saturated heterocycles. The normalized spacial score (nSPS) is 14.3. The van der Waals surface area contributed by atoms with Gasteiger partial charge < -0.3 is 5.73 Å². The predicted octanol–water partition coefficient (Wildman–Crippen LogP) is 11.5. The number of nitrogens with two attached hydrogens (primary N) is 1. The van der Waals surface area contributed by atoms with E-state index in [0.717, 1.165) is 28.8 Å². The first-order valence-electron chi connectivity index (χ1n) is 16.9. The molecule has 6 aromatic rings. The van der Waals surface area contributed by atoms with Crippen molar-refractivity contribution in [1.82, 2.24) is 0 Å². The summed E-state index contributed by atoms with van der Waals surface area (Å²) >= 11 is 0. The molecule has 0 saturated carbocycles. The van der Waals surface area contributed by atoms with Crippen LogP contribution in [0, 0.1) is 0 Å². The van der Waals surface area contributed by atoms with Gasteiger partial charge in [0.2, 0.25) is 0 Å². The molecule has 2 aliphatic rings. The first-order valence-corrected chi connectivity index (χ1v) is 16.9. The Balaban J connectivity index is 1.34. The van der Waals surface area contributed by atoms with Crippen molar-refractivity contribution in [3.8, 4) is 33.4 Å². The summed E-state index contributed by atoms with van der Waals surface area (Å²) in [5.74, 6) is 0. The van der Waals surface area contributed by atoms with Gasteiger partial charge in [0.1, 0.15) is 0 Å². The maximum Gasteiger partial charge on any atom is 0.0719 e. The lowest BCUT2D eigenvalue weighted by atomic mass is 9.61. The molecule has 0 aromatic heterocycles. The average Bonchev–Trinajstić information content (AvgIpc) is 3.34.